The van der Waals surface area contributed by atoms with E-state index in [1.165, 1.54) is 6.33 Å². The molecule has 0 aromatic carbocycles. The zero-order valence-corrected chi connectivity index (χ0v) is 9.24. The highest BCUT2D eigenvalue weighted by molar-refractivity contribution is 5.30. The molecule has 0 amide bonds. The first-order valence-corrected chi connectivity index (χ1v) is 5.34. The number of aromatic nitrogens is 4. The van der Waals surface area contributed by atoms with Gasteiger partial charge in [-0.05, 0) is 24.5 Å². The second-order valence-electron chi connectivity index (χ2n) is 3.76. The quantitative estimate of drug-likeness (QED) is 0.827. The van der Waals surface area contributed by atoms with Gasteiger partial charge in [-0.15, -0.1) is 0 Å². The van der Waals surface area contributed by atoms with Crippen LogP contribution < -0.4 is 5.73 Å². The molecule has 2 aromatic rings. The lowest BCUT2D eigenvalue weighted by Crippen LogP contribution is -2.21. The Kier molecular flexibility index (Phi) is 3.26. The summed E-state index contributed by atoms with van der Waals surface area (Å²) in [6.07, 6.45) is 8.57. The van der Waals surface area contributed by atoms with Crippen LogP contribution in [0.15, 0.2) is 31.1 Å². The molecule has 2 heterocycles. The van der Waals surface area contributed by atoms with Gasteiger partial charge in [0, 0.05) is 12.2 Å². The van der Waals surface area contributed by atoms with Gasteiger partial charge >= 0.3 is 0 Å². The Morgan fingerprint density at radius 2 is 2.25 bits per heavy atom. The highest BCUT2D eigenvalue weighted by atomic mass is 15.3. The van der Waals surface area contributed by atoms with E-state index in [4.69, 9.17) is 5.73 Å². The van der Waals surface area contributed by atoms with Crippen LogP contribution in [0.1, 0.15) is 18.9 Å². The van der Waals surface area contributed by atoms with Gasteiger partial charge in [-0.1, -0.05) is 6.92 Å². The Morgan fingerprint density at radius 3 is 2.94 bits per heavy atom. The predicted molar refractivity (Wildman–Crippen MR) is 61.1 cm³/mol. The molecule has 5 heteroatoms. The van der Waals surface area contributed by atoms with Crippen molar-refractivity contribution in [2.75, 3.05) is 0 Å². The highest BCUT2D eigenvalue weighted by Gasteiger charge is 2.04. The average Bonchev–Trinajstić information content (AvgIpc) is 2.83. The van der Waals surface area contributed by atoms with Crippen molar-refractivity contribution in [2.24, 2.45) is 5.73 Å². The first-order valence-electron chi connectivity index (χ1n) is 5.34. The molecule has 1 atom stereocenters. The van der Waals surface area contributed by atoms with Crippen LogP contribution in [0.2, 0.25) is 0 Å². The topological polar surface area (TPSA) is 69.6 Å². The van der Waals surface area contributed by atoms with Gasteiger partial charge in [-0.2, -0.15) is 5.10 Å². The molecule has 5 nitrogen and oxygen atoms in total. The maximum absolute atomic E-state index is 5.91. The van der Waals surface area contributed by atoms with Crippen molar-refractivity contribution in [1.82, 2.24) is 19.7 Å². The van der Waals surface area contributed by atoms with Crippen molar-refractivity contribution in [3.8, 4) is 5.69 Å². The Morgan fingerprint density at radius 1 is 1.38 bits per heavy atom. The molecule has 84 valence electrons. The monoisotopic (exact) mass is 217 g/mol. The van der Waals surface area contributed by atoms with E-state index >= 15 is 0 Å². The molecule has 0 saturated heterocycles. The van der Waals surface area contributed by atoms with Gasteiger partial charge in [0.05, 0.1) is 11.9 Å². The zero-order chi connectivity index (χ0) is 11.4. The lowest BCUT2D eigenvalue weighted by Gasteiger charge is -2.09. The van der Waals surface area contributed by atoms with E-state index < -0.39 is 0 Å². The van der Waals surface area contributed by atoms with Crippen LogP contribution in [-0.4, -0.2) is 25.8 Å². The number of pyridine rings is 1. The van der Waals surface area contributed by atoms with Crippen LogP contribution in [0.4, 0.5) is 0 Å². The first kappa shape index (κ1) is 10.8. The van der Waals surface area contributed by atoms with Crippen molar-refractivity contribution in [3.63, 3.8) is 0 Å². The maximum atomic E-state index is 5.91. The summed E-state index contributed by atoms with van der Waals surface area (Å²) in [6, 6.07) is 2.23. The second-order valence-corrected chi connectivity index (χ2v) is 3.76. The number of rotatable bonds is 4. The molecule has 2 N–H and O–H groups in total. The minimum atomic E-state index is 0.188. The molecule has 1 unspecified atom stereocenters. The standard InChI is InChI=1S/C11H15N5/c1-2-10(12)3-9-4-11(6-13-5-9)16-8-14-7-15-16/h4-8,10H,2-3,12H2,1H3. The number of hydrogen-bond acceptors (Lipinski definition) is 4. The Bertz CT molecular complexity index is 437. The van der Waals surface area contributed by atoms with Gasteiger partial charge < -0.3 is 5.73 Å². The van der Waals surface area contributed by atoms with E-state index in [0.717, 1.165) is 24.1 Å². The minimum Gasteiger partial charge on any atom is -0.327 e. The van der Waals surface area contributed by atoms with Gasteiger partial charge in [0.1, 0.15) is 12.7 Å². The lowest BCUT2D eigenvalue weighted by molar-refractivity contribution is 0.644. The SMILES string of the molecule is CCC(N)Cc1cncc(-n2cncn2)c1. The van der Waals surface area contributed by atoms with E-state index in [1.54, 1.807) is 17.2 Å². The summed E-state index contributed by atoms with van der Waals surface area (Å²) in [7, 11) is 0. The summed E-state index contributed by atoms with van der Waals surface area (Å²) in [4.78, 5) is 8.09. The number of nitrogens with zero attached hydrogens (tertiary/aromatic N) is 4. The maximum Gasteiger partial charge on any atom is 0.138 e. The van der Waals surface area contributed by atoms with Crippen LogP contribution >= 0.6 is 0 Å². The van der Waals surface area contributed by atoms with Gasteiger partial charge in [0.2, 0.25) is 0 Å². The molecular weight excluding hydrogens is 202 g/mol. The smallest absolute Gasteiger partial charge is 0.138 e. The second kappa shape index (κ2) is 4.85. The summed E-state index contributed by atoms with van der Waals surface area (Å²) in [5.41, 5.74) is 7.95. The molecule has 16 heavy (non-hydrogen) atoms. The van der Waals surface area contributed by atoms with E-state index in [9.17, 15) is 0 Å². The van der Waals surface area contributed by atoms with Crippen LogP contribution in [0.5, 0.6) is 0 Å². The van der Waals surface area contributed by atoms with Crippen molar-refractivity contribution in [3.05, 3.63) is 36.7 Å². The third kappa shape index (κ3) is 2.43. The van der Waals surface area contributed by atoms with E-state index in [0.29, 0.717) is 0 Å². The van der Waals surface area contributed by atoms with Gasteiger partial charge in [-0.25, -0.2) is 9.67 Å². The summed E-state index contributed by atoms with van der Waals surface area (Å²) >= 11 is 0. The minimum absolute atomic E-state index is 0.188. The third-order valence-electron chi connectivity index (χ3n) is 2.49. The van der Waals surface area contributed by atoms with Crippen LogP contribution in [0, 0.1) is 0 Å². The zero-order valence-electron chi connectivity index (χ0n) is 9.24. The molecular formula is C11H15N5. The summed E-state index contributed by atoms with van der Waals surface area (Å²) in [6.45, 7) is 2.08. The molecule has 0 aliphatic carbocycles. The molecule has 0 saturated carbocycles. The summed E-state index contributed by atoms with van der Waals surface area (Å²) < 4.78 is 1.69. The van der Waals surface area contributed by atoms with Gasteiger partial charge in [0.25, 0.3) is 0 Å². The van der Waals surface area contributed by atoms with E-state index in [1.807, 2.05) is 12.3 Å². The Hall–Kier alpha value is -1.75. The predicted octanol–water partition coefficient (Wildman–Crippen LogP) is 0.942. The summed E-state index contributed by atoms with van der Waals surface area (Å²) in [5.74, 6) is 0. The highest BCUT2D eigenvalue weighted by Crippen LogP contribution is 2.09. The fourth-order valence-corrected chi connectivity index (χ4v) is 1.50. The molecule has 2 aromatic heterocycles. The van der Waals surface area contributed by atoms with Crippen LogP contribution in [0.3, 0.4) is 0 Å². The van der Waals surface area contributed by atoms with Crippen LogP contribution in [0.25, 0.3) is 5.69 Å². The normalized spacial score (nSPS) is 12.6. The number of hydrogen-bond donors (Lipinski definition) is 1. The molecule has 0 bridgehead atoms. The van der Waals surface area contributed by atoms with Crippen molar-refractivity contribution in [1.29, 1.82) is 0 Å². The molecule has 0 aliphatic rings. The molecule has 2 rings (SSSR count). The van der Waals surface area contributed by atoms with Gasteiger partial charge in [-0.3, -0.25) is 4.98 Å². The van der Waals surface area contributed by atoms with Crippen molar-refractivity contribution in [2.45, 2.75) is 25.8 Å². The van der Waals surface area contributed by atoms with E-state index in [-0.39, 0.29) is 6.04 Å². The summed E-state index contributed by atoms with van der Waals surface area (Å²) in [5, 5.41) is 4.06. The fraction of sp³-hybridized carbons (Fsp3) is 0.364. The van der Waals surface area contributed by atoms with Crippen LogP contribution in [-0.2, 0) is 6.42 Å². The lowest BCUT2D eigenvalue weighted by atomic mass is 10.1. The Balaban J connectivity index is 2.20. The first-order chi connectivity index (χ1) is 7.79. The fourth-order valence-electron chi connectivity index (χ4n) is 1.50. The Labute approximate surface area is 94.3 Å². The molecule has 0 fully saturated rings. The van der Waals surface area contributed by atoms with Crippen molar-refractivity contribution >= 4 is 0 Å². The van der Waals surface area contributed by atoms with Gasteiger partial charge in [0.15, 0.2) is 0 Å². The average molecular weight is 217 g/mol. The largest absolute Gasteiger partial charge is 0.327 e. The van der Waals surface area contributed by atoms with E-state index in [2.05, 4.69) is 22.0 Å². The third-order valence-corrected chi connectivity index (χ3v) is 2.49. The number of nitrogens with two attached hydrogens (primary N) is 1. The molecule has 0 spiro atoms. The molecule has 0 aliphatic heterocycles. The van der Waals surface area contributed by atoms with Crippen molar-refractivity contribution < 1.29 is 0 Å². The molecule has 0 radical (unpaired) electrons.